The van der Waals surface area contributed by atoms with E-state index in [1.807, 2.05) is 0 Å². The molecule has 108 valence electrons. The molecule has 0 heterocycles. The normalized spacial score (nSPS) is 11.3. The third-order valence-corrected chi connectivity index (χ3v) is 2.99. The van der Waals surface area contributed by atoms with E-state index < -0.39 is 11.7 Å². The first kappa shape index (κ1) is 14.7. The average Bonchev–Trinajstić information content (AvgIpc) is 2.45. The van der Waals surface area contributed by atoms with Gasteiger partial charge in [0.05, 0.1) is 5.71 Å². The standard InChI is InChI=1S/C16H15FN2O2/c1-10-6-13(8-14(17)7-10)16(20)18-15-5-3-4-12(9-15)11(2)19-21/h3-9,21H,1-2H3,(H,18,20)/b19-11-. The highest BCUT2D eigenvalue weighted by atomic mass is 19.1. The third kappa shape index (κ3) is 3.66. The van der Waals surface area contributed by atoms with Crippen molar-refractivity contribution in [1.29, 1.82) is 0 Å². The highest BCUT2D eigenvalue weighted by Crippen LogP contribution is 2.14. The first-order valence-corrected chi connectivity index (χ1v) is 6.37. The lowest BCUT2D eigenvalue weighted by Crippen LogP contribution is -2.12. The first-order chi connectivity index (χ1) is 9.99. The van der Waals surface area contributed by atoms with Crippen LogP contribution in [0.15, 0.2) is 47.6 Å². The topological polar surface area (TPSA) is 61.7 Å². The van der Waals surface area contributed by atoms with Crippen LogP contribution in [-0.4, -0.2) is 16.8 Å². The lowest BCUT2D eigenvalue weighted by atomic mass is 10.1. The molecule has 0 bridgehead atoms. The summed E-state index contributed by atoms with van der Waals surface area (Å²) in [5, 5.41) is 14.6. The number of oxime groups is 1. The number of nitrogens with zero attached hydrogens (tertiary/aromatic N) is 1. The Morgan fingerprint density at radius 3 is 2.62 bits per heavy atom. The SMILES string of the molecule is C/C(=N/O)c1cccc(NC(=O)c2cc(C)cc(F)c2)c1. The van der Waals surface area contributed by atoms with Gasteiger partial charge in [-0.15, -0.1) is 0 Å². The molecule has 0 saturated carbocycles. The minimum atomic E-state index is -0.447. The van der Waals surface area contributed by atoms with Gasteiger partial charge in [-0.05, 0) is 49.7 Å². The smallest absolute Gasteiger partial charge is 0.255 e. The molecule has 0 unspecified atom stereocenters. The molecule has 0 aliphatic carbocycles. The average molecular weight is 286 g/mol. The fourth-order valence-corrected chi connectivity index (χ4v) is 1.95. The highest BCUT2D eigenvalue weighted by Gasteiger charge is 2.09. The van der Waals surface area contributed by atoms with E-state index in [1.54, 1.807) is 44.2 Å². The molecule has 2 rings (SSSR count). The number of aryl methyl sites for hydroxylation is 1. The van der Waals surface area contributed by atoms with Gasteiger partial charge in [-0.25, -0.2) is 4.39 Å². The Balaban J connectivity index is 2.23. The van der Waals surface area contributed by atoms with E-state index in [0.29, 0.717) is 22.5 Å². The van der Waals surface area contributed by atoms with Crippen molar-refractivity contribution in [3.63, 3.8) is 0 Å². The Labute approximate surface area is 121 Å². The summed E-state index contributed by atoms with van der Waals surface area (Å²) in [5.74, 6) is -0.842. The lowest BCUT2D eigenvalue weighted by molar-refractivity contribution is 0.102. The summed E-state index contributed by atoms with van der Waals surface area (Å²) < 4.78 is 13.3. The Morgan fingerprint density at radius 1 is 1.19 bits per heavy atom. The number of anilines is 1. The van der Waals surface area contributed by atoms with Crippen molar-refractivity contribution in [3.8, 4) is 0 Å². The maximum atomic E-state index is 13.3. The number of halogens is 1. The second-order valence-electron chi connectivity index (χ2n) is 4.74. The second-order valence-corrected chi connectivity index (χ2v) is 4.74. The molecular weight excluding hydrogens is 271 g/mol. The summed E-state index contributed by atoms with van der Waals surface area (Å²) in [7, 11) is 0. The van der Waals surface area contributed by atoms with E-state index in [0.717, 1.165) is 0 Å². The molecule has 1 amide bonds. The van der Waals surface area contributed by atoms with Crippen molar-refractivity contribution < 1.29 is 14.4 Å². The Bertz CT molecular complexity index is 691. The van der Waals surface area contributed by atoms with E-state index in [2.05, 4.69) is 10.5 Å². The molecule has 21 heavy (non-hydrogen) atoms. The molecule has 2 N–H and O–H groups in total. The van der Waals surface area contributed by atoms with Crippen molar-refractivity contribution in [2.24, 2.45) is 5.16 Å². The highest BCUT2D eigenvalue weighted by molar-refractivity contribution is 6.05. The van der Waals surface area contributed by atoms with Gasteiger partial charge in [-0.3, -0.25) is 4.79 Å². The van der Waals surface area contributed by atoms with Crippen molar-refractivity contribution >= 4 is 17.3 Å². The maximum absolute atomic E-state index is 13.3. The molecule has 0 aromatic heterocycles. The summed E-state index contributed by atoms with van der Waals surface area (Å²) in [6, 6.07) is 11.0. The number of rotatable bonds is 3. The summed E-state index contributed by atoms with van der Waals surface area (Å²) in [4.78, 5) is 12.1. The van der Waals surface area contributed by atoms with Crippen LogP contribution in [0, 0.1) is 12.7 Å². The lowest BCUT2D eigenvalue weighted by Gasteiger charge is -2.08. The zero-order valence-electron chi connectivity index (χ0n) is 11.7. The molecule has 0 radical (unpaired) electrons. The van der Waals surface area contributed by atoms with Crippen LogP contribution in [-0.2, 0) is 0 Å². The molecule has 0 saturated heterocycles. The Morgan fingerprint density at radius 2 is 1.95 bits per heavy atom. The number of benzene rings is 2. The van der Waals surface area contributed by atoms with Gasteiger partial charge in [0.25, 0.3) is 5.91 Å². The predicted molar refractivity (Wildman–Crippen MR) is 79.5 cm³/mol. The summed E-state index contributed by atoms with van der Waals surface area (Å²) in [5.41, 5.74) is 2.60. The molecule has 2 aromatic carbocycles. The van der Waals surface area contributed by atoms with Gasteiger partial charge in [0.1, 0.15) is 5.82 Å². The van der Waals surface area contributed by atoms with Crippen LogP contribution < -0.4 is 5.32 Å². The third-order valence-electron chi connectivity index (χ3n) is 2.99. The second kappa shape index (κ2) is 6.17. The van der Waals surface area contributed by atoms with E-state index in [9.17, 15) is 9.18 Å². The summed E-state index contributed by atoms with van der Waals surface area (Å²) in [6.45, 7) is 3.37. The molecule has 4 nitrogen and oxygen atoms in total. The van der Waals surface area contributed by atoms with Gasteiger partial charge >= 0.3 is 0 Å². The van der Waals surface area contributed by atoms with Gasteiger partial charge in [0, 0.05) is 16.8 Å². The quantitative estimate of drug-likeness (QED) is 0.514. The van der Waals surface area contributed by atoms with E-state index in [-0.39, 0.29) is 5.56 Å². The molecule has 0 aliphatic heterocycles. The number of carbonyl (C=O) groups excluding carboxylic acids is 1. The van der Waals surface area contributed by atoms with Crippen LogP contribution in [0.1, 0.15) is 28.4 Å². The molecule has 0 atom stereocenters. The number of nitrogens with one attached hydrogen (secondary N) is 1. The Hall–Kier alpha value is -2.69. The zero-order chi connectivity index (χ0) is 15.4. The number of amides is 1. The van der Waals surface area contributed by atoms with Crippen LogP contribution in [0.4, 0.5) is 10.1 Å². The van der Waals surface area contributed by atoms with Crippen LogP contribution in [0.3, 0.4) is 0 Å². The van der Waals surface area contributed by atoms with Crippen molar-refractivity contribution in [1.82, 2.24) is 0 Å². The largest absolute Gasteiger partial charge is 0.411 e. The molecule has 0 fully saturated rings. The van der Waals surface area contributed by atoms with Gasteiger partial charge in [0.15, 0.2) is 0 Å². The van der Waals surface area contributed by atoms with E-state index in [1.165, 1.54) is 12.1 Å². The predicted octanol–water partition coefficient (Wildman–Crippen LogP) is 3.58. The van der Waals surface area contributed by atoms with Gasteiger partial charge in [-0.2, -0.15) is 0 Å². The monoisotopic (exact) mass is 286 g/mol. The molecule has 2 aromatic rings. The zero-order valence-corrected chi connectivity index (χ0v) is 11.7. The number of carbonyl (C=O) groups is 1. The number of hydrogen-bond donors (Lipinski definition) is 2. The van der Waals surface area contributed by atoms with Crippen molar-refractivity contribution in [3.05, 3.63) is 65.0 Å². The van der Waals surface area contributed by atoms with Crippen LogP contribution in [0.5, 0.6) is 0 Å². The van der Waals surface area contributed by atoms with Gasteiger partial charge in [-0.1, -0.05) is 17.3 Å². The Kier molecular flexibility index (Phi) is 4.33. The molecule has 0 aliphatic rings. The summed E-state index contributed by atoms with van der Waals surface area (Å²) in [6.07, 6.45) is 0. The van der Waals surface area contributed by atoms with Gasteiger partial charge in [0.2, 0.25) is 0 Å². The van der Waals surface area contributed by atoms with Crippen LogP contribution >= 0.6 is 0 Å². The molecule has 0 spiro atoms. The minimum Gasteiger partial charge on any atom is -0.411 e. The number of hydrogen-bond acceptors (Lipinski definition) is 3. The van der Waals surface area contributed by atoms with E-state index >= 15 is 0 Å². The summed E-state index contributed by atoms with van der Waals surface area (Å²) >= 11 is 0. The van der Waals surface area contributed by atoms with E-state index in [4.69, 9.17) is 5.21 Å². The first-order valence-electron chi connectivity index (χ1n) is 6.37. The molecule has 5 heteroatoms. The fourth-order valence-electron chi connectivity index (χ4n) is 1.95. The maximum Gasteiger partial charge on any atom is 0.255 e. The van der Waals surface area contributed by atoms with Crippen molar-refractivity contribution in [2.45, 2.75) is 13.8 Å². The van der Waals surface area contributed by atoms with Crippen molar-refractivity contribution in [2.75, 3.05) is 5.32 Å². The van der Waals surface area contributed by atoms with Gasteiger partial charge < -0.3 is 10.5 Å². The molecular formula is C16H15FN2O2. The minimum absolute atomic E-state index is 0.255. The van der Waals surface area contributed by atoms with Crippen LogP contribution in [0.25, 0.3) is 0 Å². The fraction of sp³-hybridized carbons (Fsp3) is 0.125. The van der Waals surface area contributed by atoms with Crippen LogP contribution in [0.2, 0.25) is 0 Å².